The highest BCUT2D eigenvalue weighted by atomic mass is 32.1. The molecule has 0 aliphatic carbocycles. The van der Waals surface area contributed by atoms with E-state index in [2.05, 4.69) is 34.6 Å². The number of rotatable bonds is 6. The summed E-state index contributed by atoms with van der Waals surface area (Å²) in [5.74, 6) is 0.187. The van der Waals surface area contributed by atoms with Crippen molar-refractivity contribution in [2.45, 2.75) is 13.8 Å². The van der Waals surface area contributed by atoms with Crippen molar-refractivity contribution in [2.24, 2.45) is 5.10 Å². The van der Waals surface area contributed by atoms with Gasteiger partial charge in [0.25, 0.3) is 0 Å². The molecule has 0 saturated heterocycles. The van der Waals surface area contributed by atoms with Gasteiger partial charge in [-0.15, -0.1) is 0 Å². The van der Waals surface area contributed by atoms with Crippen LogP contribution in [0.5, 0.6) is 5.75 Å². The van der Waals surface area contributed by atoms with Gasteiger partial charge in [-0.2, -0.15) is 5.10 Å². The number of para-hydroxylation sites is 1. The Morgan fingerprint density at radius 1 is 1.17 bits per heavy atom. The average Bonchev–Trinajstić information content (AvgIpc) is 2.59. The standard InChI is InChI=1S/C18H22N4OS/c1-3-22(4-2)16-11-10-14(17(23)12-16)13-19-21-18(24)20-15-8-6-5-7-9-15/h5-13,23H,3-4H2,1-2H3,(H2,20,21,24)/b19-13+. The number of hydrazone groups is 1. The minimum atomic E-state index is 0.187. The van der Waals surface area contributed by atoms with E-state index in [-0.39, 0.29) is 5.75 Å². The molecule has 0 aromatic heterocycles. The third-order valence-corrected chi connectivity index (χ3v) is 3.74. The van der Waals surface area contributed by atoms with Crippen LogP contribution < -0.4 is 15.6 Å². The molecule has 0 spiro atoms. The smallest absolute Gasteiger partial charge is 0.191 e. The van der Waals surface area contributed by atoms with Crippen LogP contribution in [0.4, 0.5) is 11.4 Å². The highest BCUT2D eigenvalue weighted by molar-refractivity contribution is 7.80. The van der Waals surface area contributed by atoms with Crippen molar-refractivity contribution in [3.63, 3.8) is 0 Å². The van der Waals surface area contributed by atoms with Gasteiger partial charge in [0.15, 0.2) is 5.11 Å². The molecule has 0 aliphatic heterocycles. The molecule has 6 heteroatoms. The zero-order valence-corrected chi connectivity index (χ0v) is 14.7. The molecule has 0 aliphatic rings. The molecular formula is C18H22N4OS. The molecule has 0 radical (unpaired) electrons. The second kappa shape index (κ2) is 8.88. The van der Waals surface area contributed by atoms with Gasteiger partial charge in [-0.05, 0) is 50.3 Å². The largest absolute Gasteiger partial charge is 0.507 e. The van der Waals surface area contributed by atoms with Gasteiger partial charge in [0.2, 0.25) is 0 Å². The molecule has 0 heterocycles. The summed E-state index contributed by atoms with van der Waals surface area (Å²) in [4.78, 5) is 2.16. The fourth-order valence-corrected chi connectivity index (χ4v) is 2.44. The third kappa shape index (κ3) is 4.96. The maximum atomic E-state index is 10.1. The normalized spacial score (nSPS) is 10.6. The summed E-state index contributed by atoms with van der Waals surface area (Å²) in [5, 5.41) is 17.6. The van der Waals surface area contributed by atoms with Crippen molar-refractivity contribution in [3.05, 3.63) is 54.1 Å². The Balaban J connectivity index is 1.95. The zero-order chi connectivity index (χ0) is 17.4. The molecule has 0 fully saturated rings. The lowest BCUT2D eigenvalue weighted by Crippen LogP contribution is -2.23. The quantitative estimate of drug-likeness (QED) is 0.426. The maximum absolute atomic E-state index is 10.1. The summed E-state index contributed by atoms with van der Waals surface area (Å²) in [6.07, 6.45) is 1.54. The lowest BCUT2D eigenvalue weighted by molar-refractivity contribution is 0.474. The first-order valence-corrected chi connectivity index (χ1v) is 8.28. The first kappa shape index (κ1) is 17.7. The highest BCUT2D eigenvalue weighted by Crippen LogP contribution is 2.23. The van der Waals surface area contributed by atoms with E-state index in [1.807, 2.05) is 42.5 Å². The molecule has 0 amide bonds. The summed E-state index contributed by atoms with van der Waals surface area (Å²) >= 11 is 5.17. The topological polar surface area (TPSA) is 59.9 Å². The Morgan fingerprint density at radius 2 is 1.88 bits per heavy atom. The summed E-state index contributed by atoms with van der Waals surface area (Å²) in [6, 6.07) is 15.1. The average molecular weight is 342 g/mol. The second-order valence-electron chi connectivity index (χ2n) is 5.11. The summed E-state index contributed by atoms with van der Waals surface area (Å²) in [6.45, 7) is 5.95. The van der Waals surface area contributed by atoms with E-state index < -0.39 is 0 Å². The van der Waals surface area contributed by atoms with Crippen molar-refractivity contribution in [3.8, 4) is 5.75 Å². The SMILES string of the molecule is CCN(CC)c1ccc(/C=N/NC(=S)Nc2ccccc2)c(O)c1. The van der Waals surface area contributed by atoms with Crippen molar-refractivity contribution >= 4 is 34.9 Å². The number of phenols is 1. The summed E-state index contributed by atoms with van der Waals surface area (Å²) in [5.41, 5.74) is 5.24. The molecule has 2 aromatic rings. The number of benzene rings is 2. The van der Waals surface area contributed by atoms with Crippen LogP contribution in [0, 0.1) is 0 Å². The lowest BCUT2D eigenvalue weighted by Gasteiger charge is -2.21. The number of anilines is 2. The van der Waals surface area contributed by atoms with Crippen molar-refractivity contribution in [1.29, 1.82) is 0 Å². The number of aromatic hydroxyl groups is 1. The highest BCUT2D eigenvalue weighted by Gasteiger charge is 2.05. The first-order valence-electron chi connectivity index (χ1n) is 7.87. The Labute approximate surface area is 148 Å². The number of hydrogen-bond donors (Lipinski definition) is 3. The number of nitrogens with zero attached hydrogens (tertiary/aromatic N) is 2. The molecule has 5 nitrogen and oxygen atoms in total. The van der Waals surface area contributed by atoms with Crippen LogP contribution in [0.3, 0.4) is 0 Å². The van der Waals surface area contributed by atoms with E-state index in [9.17, 15) is 5.11 Å². The Bertz CT molecular complexity index is 699. The maximum Gasteiger partial charge on any atom is 0.191 e. The molecule has 0 atom stereocenters. The van der Waals surface area contributed by atoms with Crippen LogP contribution in [-0.2, 0) is 0 Å². The molecule has 0 unspecified atom stereocenters. The summed E-state index contributed by atoms with van der Waals surface area (Å²) < 4.78 is 0. The molecule has 2 rings (SSSR count). The number of hydrogen-bond acceptors (Lipinski definition) is 4. The van der Waals surface area contributed by atoms with E-state index in [1.165, 1.54) is 0 Å². The van der Waals surface area contributed by atoms with E-state index >= 15 is 0 Å². The third-order valence-electron chi connectivity index (χ3n) is 3.54. The number of nitrogens with one attached hydrogen (secondary N) is 2. The monoisotopic (exact) mass is 342 g/mol. The number of thiocarbonyl (C=S) groups is 1. The number of phenolic OH excluding ortho intramolecular Hbond substituents is 1. The van der Waals surface area contributed by atoms with E-state index in [4.69, 9.17) is 12.2 Å². The molecule has 2 aromatic carbocycles. The van der Waals surface area contributed by atoms with E-state index in [1.54, 1.807) is 12.3 Å². The van der Waals surface area contributed by atoms with E-state index in [0.717, 1.165) is 24.5 Å². The van der Waals surface area contributed by atoms with Gasteiger partial charge in [0.05, 0.1) is 6.21 Å². The fourth-order valence-electron chi connectivity index (χ4n) is 2.27. The van der Waals surface area contributed by atoms with Crippen molar-refractivity contribution in [2.75, 3.05) is 23.3 Å². The van der Waals surface area contributed by atoms with Crippen LogP contribution in [0.2, 0.25) is 0 Å². The van der Waals surface area contributed by atoms with E-state index in [0.29, 0.717) is 10.7 Å². The molecular weight excluding hydrogens is 320 g/mol. The Hall–Kier alpha value is -2.60. The van der Waals surface area contributed by atoms with Gasteiger partial charge in [-0.3, -0.25) is 5.43 Å². The van der Waals surface area contributed by atoms with Gasteiger partial charge >= 0.3 is 0 Å². The second-order valence-corrected chi connectivity index (χ2v) is 5.51. The summed E-state index contributed by atoms with van der Waals surface area (Å²) in [7, 11) is 0. The van der Waals surface area contributed by atoms with Gasteiger partial charge < -0.3 is 15.3 Å². The molecule has 0 bridgehead atoms. The first-order chi connectivity index (χ1) is 11.6. The van der Waals surface area contributed by atoms with Crippen LogP contribution in [0.1, 0.15) is 19.4 Å². The fraction of sp³-hybridized carbons (Fsp3) is 0.222. The molecule has 126 valence electrons. The Kier molecular flexibility index (Phi) is 6.57. The minimum absolute atomic E-state index is 0.187. The Morgan fingerprint density at radius 3 is 2.50 bits per heavy atom. The van der Waals surface area contributed by atoms with Gasteiger partial charge in [-0.1, -0.05) is 18.2 Å². The van der Waals surface area contributed by atoms with Crippen molar-refractivity contribution in [1.82, 2.24) is 5.43 Å². The van der Waals surface area contributed by atoms with Crippen LogP contribution in [-0.4, -0.2) is 29.5 Å². The van der Waals surface area contributed by atoms with Crippen LogP contribution in [0.15, 0.2) is 53.6 Å². The van der Waals surface area contributed by atoms with Crippen molar-refractivity contribution < 1.29 is 5.11 Å². The predicted molar refractivity (Wildman–Crippen MR) is 105 cm³/mol. The minimum Gasteiger partial charge on any atom is -0.507 e. The molecule has 24 heavy (non-hydrogen) atoms. The zero-order valence-electron chi connectivity index (χ0n) is 13.9. The lowest BCUT2D eigenvalue weighted by atomic mass is 10.2. The molecule has 3 N–H and O–H groups in total. The van der Waals surface area contributed by atoms with Gasteiger partial charge in [-0.25, -0.2) is 0 Å². The predicted octanol–water partition coefficient (Wildman–Crippen LogP) is 3.56. The van der Waals surface area contributed by atoms with Gasteiger partial charge in [0, 0.05) is 36.1 Å². The van der Waals surface area contributed by atoms with Crippen LogP contribution >= 0.6 is 12.2 Å². The van der Waals surface area contributed by atoms with Gasteiger partial charge in [0.1, 0.15) is 5.75 Å². The molecule has 0 saturated carbocycles. The van der Waals surface area contributed by atoms with Crippen LogP contribution in [0.25, 0.3) is 0 Å².